The number of aryl methyl sites for hydroxylation is 1. The van der Waals surface area contributed by atoms with Crippen molar-refractivity contribution in [3.8, 4) is 0 Å². The standard InChI is InChI=1S/C17H21ClN2O4S/c1-6-24-17(21)15-11(3)16(12(4)20(15)5)25(22,23)19-14-9-13(18)8-7-10(14)2/h7-9,19H,6H2,1-5H3. The van der Waals surface area contributed by atoms with Crippen molar-refractivity contribution in [2.24, 2.45) is 7.05 Å². The molecule has 0 amide bonds. The third-order valence-corrected chi connectivity index (χ3v) is 5.91. The summed E-state index contributed by atoms with van der Waals surface area (Å²) in [5.41, 5.74) is 2.17. The van der Waals surface area contributed by atoms with Gasteiger partial charge in [-0.05, 0) is 45.4 Å². The number of nitrogens with zero attached hydrogens (tertiary/aromatic N) is 1. The van der Waals surface area contributed by atoms with E-state index in [2.05, 4.69) is 4.72 Å². The molecule has 0 aliphatic rings. The minimum Gasteiger partial charge on any atom is -0.461 e. The van der Waals surface area contributed by atoms with E-state index in [0.29, 0.717) is 22.0 Å². The maximum Gasteiger partial charge on any atom is 0.355 e. The first-order valence-electron chi connectivity index (χ1n) is 7.72. The Morgan fingerprint density at radius 2 is 1.92 bits per heavy atom. The Bertz CT molecular complexity index is 933. The summed E-state index contributed by atoms with van der Waals surface area (Å²) in [7, 11) is -2.26. The van der Waals surface area contributed by atoms with Crippen LogP contribution in [0.15, 0.2) is 23.1 Å². The fraction of sp³-hybridized carbons (Fsp3) is 0.353. The van der Waals surface area contributed by atoms with Gasteiger partial charge in [0.05, 0.1) is 12.3 Å². The van der Waals surface area contributed by atoms with E-state index >= 15 is 0 Å². The summed E-state index contributed by atoms with van der Waals surface area (Å²) in [5, 5.41) is 0.428. The molecule has 0 aliphatic heterocycles. The van der Waals surface area contributed by atoms with E-state index in [4.69, 9.17) is 16.3 Å². The van der Waals surface area contributed by atoms with E-state index in [1.165, 1.54) is 4.57 Å². The molecular formula is C17H21ClN2O4S. The average Bonchev–Trinajstić information content (AvgIpc) is 2.73. The molecule has 136 valence electrons. The number of aromatic nitrogens is 1. The van der Waals surface area contributed by atoms with Gasteiger partial charge >= 0.3 is 5.97 Å². The molecule has 0 bridgehead atoms. The van der Waals surface area contributed by atoms with Gasteiger partial charge in [0, 0.05) is 23.3 Å². The molecule has 1 aromatic carbocycles. The zero-order valence-corrected chi connectivity index (χ0v) is 16.4. The van der Waals surface area contributed by atoms with Crippen LogP contribution in [-0.4, -0.2) is 25.6 Å². The van der Waals surface area contributed by atoms with E-state index in [9.17, 15) is 13.2 Å². The SMILES string of the molecule is CCOC(=O)c1c(C)c(S(=O)(=O)Nc2cc(Cl)ccc2C)c(C)n1C. The summed E-state index contributed by atoms with van der Waals surface area (Å²) in [6.45, 7) is 6.94. The summed E-state index contributed by atoms with van der Waals surface area (Å²) < 4.78 is 35.0. The third kappa shape index (κ3) is 3.67. The van der Waals surface area contributed by atoms with E-state index in [1.54, 1.807) is 52.9 Å². The van der Waals surface area contributed by atoms with E-state index in [0.717, 1.165) is 5.56 Å². The van der Waals surface area contributed by atoms with Gasteiger partial charge in [-0.1, -0.05) is 17.7 Å². The Labute approximate surface area is 152 Å². The third-order valence-electron chi connectivity index (χ3n) is 4.04. The minimum absolute atomic E-state index is 0.0671. The second-order valence-electron chi connectivity index (χ2n) is 5.73. The number of carbonyl (C=O) groups is 1. The van der Waals surface area contributed by atoms with Gasteiger partial charge in [-0.25, -0.2) is 13.2 Å². The fourth-order valence-electron chi connectivity index (χ4n) is 2.74. The first-order chi connectivity index (χ1) is 11.6. The lowest BCUT2D eigenvalue weighted by atomic mass is 10.2. The molecule has 0 atom stereocenters. The van der Waals surface area contributed by atoms with Crippen molar-refractivity contribution in [2.75, 3.05) is 11.3 Å². The Balaban J connectivity index is 2.55. The predicted octanol–water partition coefficient (Wildman–Crippen LogP) is 3.58. The van der Waals surface area contributed by atoms with Gasteiger partial charge in [0.1, 0.15) is 10.6 Å². The van der Waals surface area contributed by atoms with Gasteiger partial charge in [0.15, 0.2) is 0 Å². The molecule has 1 aromatic heterocycles. The summed E-state index contributed by atoms with van der Waals surface area (Å²) in [4.78, 5) is 12.2. The largest absolute Gasteiger partial charge is 0.461 e. The number of ether oxygens (including phenoxy) is 1. The van der Waals surface area contributed by atoms with Crippen LogP contribution in [-0.2, 0) is 21.8 Å². The highest BCUT2D eigenvalue weighted by Crippen LogP contribution is 2.29. The number of sulfonamides is 1. The number of hydrogen-bond donors (Lipinski definition) is 1. The highest BCUT2D eigenvalue weighted by Gasteiger charge is 2.29. The molecular weight excluding hydrogens is 364 g/mol. The Morgan fingerprint density at radius 3 is 2.52 bits per heavy atom. The predicted molar refractivity (Wildman–Crippen MR) is 97.8 cm³/mol. The smallest absolute Gasteiger partial charge is 0.355 e. The van der Waals surface area contributed by atoms with Crippen LogP contribution in [0.4, 0.5) is 5.69 Å². The number of esters is 1. The molecule has 0 aliphatic carbocycles. The van der Waals surface area contributed by atoms with Crippen molar-refractivity contribution < 1.29 is 17.9 Å². The lowest BCUT2D eigenvalue weighted by Crippen LogP contribution is -2.15. The number of rotatable bonds is 5. The second-order valence-corrected chi connectivity index (χ2v) is 7.79. The fourth-order valence-corrected chi connectivity index (χ4v) is 4.55. The maximum atomic E-state index is 12.9. The van der Waals surface area contributed by atoms with Crippen molar-refractivity contribution in [3.63, 3.8) is 0 Å². The molecule has 0 radical (unpaired) electrons. The second kappa shape index (κ2) is 7.09. The average molecular weight is 385 g/mol. The van der Waals surface area contributed by atoms with Gasteiger partial charge in [-0.3, -0.25) is 4.72 Å². The molecule has 1 heterocycles. The molecule has 0 saturated carbocycles. The van der Waals surface area contributed by atoms with Gasteiger partial charge in [0.25, 0.3) is 10.0 Å². The van der Waals surface area contributed by atoms with Crippen LogP contribution in [0.2, 0.25) is 5.02 Å². The van der Waals surface area contributed by atoms with Crippen LogP contribution in [0.25, 0.3) is 0 Å². The number of benzene rings is 1. The number of halogens is 1. The lowest BCUT2D eigenvalue weighted by Gasteiger charge is -2.12. The van der Waals surface area contributed by atoms with Crippen LogP contribution in [0, 0.1) is 20.8 Å². The number of hydrogen-bond acceptors (Lipinski definition) is 4. The lowest BCUT2D eigenvalue weighted by molar-refractivity contribution is 0.0514. The minimum atomic E-state index is -3.90. The maximum absolute atomic E-state index is 12.9. The van der Waals surface area contributed by atoms with Crippen molar-refractivity contribution in [2.45, 2.75) is 32.6 Å². The van der Waals surface area contributed by atoms with Crippen LogP contribution < -0.4 is 4.72 Å². The van der Waals surface area contributed by atoms with Gasteiger partial charge in [0.2, 0.25) is 0 Å². The monoisotopic (exact) mass is 384 g/mol. The van der Waals surface area contributed by atoms with Crippen LogP contribution >= 0.6 is 11.6 Å². The van der Waals surface area contributed by atoms with Crippen molar-refractivity contribution in [1.29, 1.82) is 0 Å². The van der Waals surface area contributed by atoms with Crippen molar-refractivity contribution >= 4 is 33.3 Å². The summed E-state index contributed by atoms with van der Waals surface area (Å²) in [6, 6.07) is 4.97. The number of nitrogens with one attached hydrogen (secondary N) is 1. The van der Waals surface area contributed by atoms with Crippen LogP contribution in [0.3, 0.4) is 0 Å². The van der Waals surface area contributed by atoms with Gasteiger partial charge in [-0.15, -0.1) is 0 Å². The normalized spacial score (nSPS) is 11.4. The molecule has 6 nitrogen and oxygen atoms in total. The molecule has 0 spiro atoms. The molecule has 2 rings (SSSR count). The summed E-state index contributed by atoms with van der Waals surface area (Å²) in [6.07, 6.45) is 0. The van der Waals surface area contributed by atoms with E-state index in [-0.39, 0.29) is 17.2 Å². The topological polar surface area (TPSA) is 77.4 Å². The molecule has 25 heavy (non-hydrogen) atoms. The zero-order valence-electron chi connectivity index (χ0n) is 14.8. The first kappa shape index (κ1) is 19.3. The van der Waals surface area contributed by atoms with Crippen LogP contribution in [0.5, 0.6) is 0 Å². The number of anilines is 1. The van der Waals surface area contributed by atoms with Crippen molar-refractivity contribution in [1.82, 2.24) is 4.57 Å². The first-order valence-corrected chi connectivity index (χ1v) is 9.58. The Kier molecular flexibility index (Phi) is 5.49. The molecule has 0 fully saturated rings. The van der Waals surface area contributed by atoms with Crippen LogP contribution in [0.1, 0.15) is 34.2 Å². The highest BCUT2D eigenvalue weighted by molar-refractivity contribution is 7.92. The highest BCUT2D eigenvalue weighted by atomic mass is 35.5. The zero-order chi connectivity index (χ0) is 18.9. The molecule has 0 unspecified atom stereocenters. The molecule has 8 heteroatoms. The quantitative estimate of drug-likeness (QED) is 0.799. The number of carbonyl (C=O) groups excluding carboxylic acids is 1. The van der Waals surface area contributed by atoms with E-state index < -0.39 is 16.0 Å². The van der Waals surface area contributed by atoms with E-state index in [1.807, 2.05) is 0 Å². The molecule has 0 saturated heterocycles. The summed E-state index contributed by atoms with van der Waals surface area (Å²) >= 11 is 5.96. The Hall–Kier alpha value is -1.99. The summed E-state index contributed by atoms with van der Waals surface area (Å²) in [5.74, 6) is -0.550. The van der Waals surface area contributed by atoms with Crippen molar-refractivity contribution in [3.05, 3.63) is 45.7 Å². The van der Waals surface area contributed by atoms with Gasteiger partial charge < -0.3 is 9.30 Å². The Morgan fingerprint density at radius 1 is 1.28 bits per heavy atom. The molecule has 1 N–H and O–H groups in total. The molecule has 2 aromatic rings. The van der Waals surface area contributed by atoms with Gasteiger partial charge in [-0.2, -0.15) is 0 Å².